The van der Waals surface area contributed by atoms with Crippen LogP contribution in [0.1, 0.15) is 47.5 Å². The van der Waals surface area contributed by atoms with E-state index in [0.717, 1.165) is 0 Å². The molecule has 0 bridgehead atoms. The second-order valence-electron chi connectivity index (χ2n) is 5.93. The van der Waals surface area contributed by atoms with Gasteiger partial charge in [-0.25, -0.2) is 0 Å². The van der Waals surface area contributed by atoms with Gasteiger partial charge in [-0.05, 0) is 25.7 Å². The van der Waals surface area contributed by atoms with Gasteiger partial charge in [-0.2, -0.15) is 0 Å². The predicted octanol–water partition coefficient (Wildman–Crippen LogP) is 1.37. The lowest BCUT2D eigenvalue weighted by Crippen LogP contribution is -2.44. The predicted molar refractivity (Wildman–Crippen MR) is 70.6 cm³/mol. The Labute approximate surface area is 105 Å². The molecule has 0 radical (unpaired) electrons. The quantitative estimate of drug-likeness (QED) is 0.741. The molecule has 0 saturated heterocycles. The zero-order valence-corrected chi connectivity index (χ0v) is 11.9. The van der Waals surface area contributed by atoms with Crippen molar-refractivity contribution in [2.75, 3.05) is 13.2 Å². The van der Waals surface area contributed by atoms with Crippen molar-refractivity contribution < 1.29 is 9.90 Å². The van der Waals surface area contributed by atoms with Crippen molar-refractivity contribution in [3.63, 3.8) is 0 Å². The van der Waals surface area contributed by atoms with Crippen molar-refractivity contribution >= 4 is 5.91 Å². The molecule has 3 N–H and O–H groups in total. The first-order valence-corrected chi connectivity index (χ1v) is 6.36. The molecule has 17 heavy (non-hydrogen) atoms. The van der Waals surface area contributed by atoms with E-state index in [1.807, 2.05) is 34.6 Å². The van der Waals surface area contributed by atoms with Crippen molar-refractivity contribution in [2.45, 2.75) is 59.5 Å². The van der Waals surface area contributed by atoms with Crippen LogP contribution in [-0.4, -0.2) is 41.1 Å². The van der Waals surface area contributed by atoms with Crippen LogP contribution in [0.5, 0.6) is 0 Å². The maximum Gasteiger partial charge on any atom is 0.224 e. The first-order valence-electron chi connectivity index (χ1n) is 6.36. The number of nitrogens with two attached hydrogens (primary N) is 1. The van der Waals surface area contributed by atoms with Crippen molar-refractivity contribution in [3.05, 3.63) is 0 Å². The summed E-state index contributed by atoms with van der Waals surface area (Å²) in [5.74, 6) is 0.0795. The summed E-state index contributed by atoms with van der Waals surface area (Å²) in [5.41, 5.74) is 5.96. The zero-order chi connectivity index (χ0) is 13.6. The molecule has 1 unspecified atom stereocenters. The molecule has 0 aromatic heterocycles. The van der Waals surface area contributed by atoms with E-state index in [2.05, 4.69) is 0 Å². The number of aliphatic hydroxyl groups excluding tert-OH is 1. The van der Waals surface area contributed by atoms with E-state index in [0.29, 0.717) is 19.4 Å². The summed E-state index contributed by atoms with van der Waals surface area (Å²) in [6.45, 7) is 10.8. The van der Waals surface area contributed by atoms with E-state index in [4.69, 9.17) is 10.8 Å². The monoisotopic (exact) mass is 244 g/mol. The third-order valence-electron chi connectivity index (χ3n) is 3.01. The fourth-order valence-corrected chi connectivity index (χ4v) is 1.52. The van der Waals surface area contributed by atoms with Crippen LogP contribution in [0, 0.1) is 5.41 Å². The van der Waals surface area contributed by atoms with E-state index in [1.54, 1.807) is 4.90 Å². The first kappa shape index (κ1) is 16.4. The molecular weight excluding hydrogens is 216 g/mol. The molecule has 0 aromatic carbocycles. The van der Waals surface area contributed by atoms with Crippen molar-refractivity contribution in [1.29, 1.82) is 0 Å². The summed E-state index contributed by atoms with van der Waals surface area (Å²) in [5, 5.41) is 8.83. The SMILES string of the molecule is CC(C)N(CCCO)C(=O)CC(N)C(C)(C)C. The maximum absolute atomic E-state index is 12.1. The lowest BCUT2D eigenvalue weighted by atomic mass is 9.85. The van der Waals surface area contributed by atoms with Gasteiger partial charge in [-0.3, -0.25) is 4.79 Å². The molecule has 0 heterocycles. The second-order valence-corrected chi connectivity index (χ2v) is 5.93. The van der Waals surface area contributed by atoms with Crippen LogP contribution in [-0.2, 0) is 4.79 Å². The molecule has 0 aromatic rings. The average molecular weight is 244 g/mol. The lowest BCUT2D eigenvalue weighted by molar-refractivity contribution is -0.134. The molecule has 1 amide bonds. The van der Waals surface area contributed by atoms with E-state index in [9.17, 15) is 4.79 Å². The first-order chi connectivity index (χ1) is 7.70. The number of amides is 1. The number of hydrogen-bond acceptors (Lipinski definition) is 3. The highest BCUT2D eigenvalue weighted by Crippen LogP contribution is 2.20. The molecule has 0 aliphatic carbocycles. The minimum atomic E-state index is -0.134. The Bertz CT molecular complexity index is 234. The van der Waals surface area contributed by atoms with Gasteiger partial charge in [0.1, 0.15) is 0 Å². The Kier molecular flexibility index (Phi) is 6.72. The molecule has 0 spiro atoms. The van der Waals surface area contributed by atoms with Crippen LogP contribution in [0.4, 0.5) is 0 Å². The third kappa shape index (κ3) is 6.03. The Balaban J connectivity index is 4.42. The fraction of sp³-hybridized carbons (Fsp3) is 0.923. The van der Waals surface area contributed by atoms with Crippen molar-refractivity contribution in [2.24, 2.45) is 11.1 Å². The van der Waals surface area contributed by atoms with Gasteiger partial charge in [0.25, 0.3) is 0 Å². The van der Waals surface area contributed by atoms with Crippen molar-refractivity contribution in [3.8, 4) is 0 Å². The smallest absolute Gasteiger partial charge is 0.224 e. The van der Waals surface area contributed by atoms with Gasteiger partial charge in [-0.1, -0.05) is 20.8 Å². The molecule has 4 heteroatoms. The molecule has 0 fully saturated rings. The molecule has 1 atom stereocenters. The van der Waals surface area contributed by atoms with Gasteiger partial charge in [0.2, 0.25) is 5.91 Å². The van der Waals surface area contributed by atoms with Crippen LogP contribution in [0.2, 0.25) is 0 Å². The summed E-state index contributed by atoms with van der Waals surface area (Å²) in [4.78, 5) is 13.9. The van der Waals surface area contributed by atoms with Crippen LogP contribution in [0.15, 0.2) is 0 Å². The van der Waals surface area contributed by atoms with Gasteiger partial charge in [0.05, 0.1) is 0 Å². The normalized spacial score (nSPS) is 13.9. The largest absolute Gasteiger partial charge is 0.396 e. The van der Waals surface area contributed by atoms with E-state index < -0.39 is 0 Å². The van der Waals surface area contributed by atoms with Crippen LogP contribution >= 0.6 is 0 Å². The summed E-state index contributed by atoms with van der Waals surface area (Å²) in [6.07, 6.45) is 0.988. The van der Waals surface area contributed by atoms with Crippen molar-refractivity contribution in [1.82, 2.24) is 4.90 Å². The van der Waals surface area contributed by atoms with Crippen LogP contribution < -0.4 is 5.73 Å². The molecule has 0 rings (SSSR count). The van der Waals surface area contributed by atoms with Gasteiger partial charge in [0.15, 0.2) is 0 Å². The molecule has 102 valence electrons. The number of carbonyl (C=O) groups is 1. The molecule has 0 aliphatic heterocycles. The van der Waals surface area contributed by atoms with Gasteiger partial charge in [-0.15, -0.1) is 0 Å². The number of rotatable bonds is 6. The summed E-state index contributed by atoms with van der Waals surface area (Å²) < 4.78 is 0. The molecule has 4 nitrogen and oxygen atoms in total. The number of nitrogens with zero attached hydrogens (tertiary/aromatic N) is 1. The minimum absolute atomic E-state index is 0.0602. The Hall–Kier alpha value is -0.610. The molecule has 0 aliphatic rings. The highest BCUT2D eigenvalue weighted by molar-refractivity contribution is 5.77. The minimum Gasteiger partial charge on any atom is -0.396 e. The Morgan fingerprint density at radius 1 is 1.35 bits per heavy atom. The summed E-state index contributed by atoms with van der Waals surface area (Å²) in [7, 11) is 0. The molecule has 0 saturated carbocycles. The highest BCUT2D eigenvalue weighted by Gasteiger charge is 2.26. The highest BCUT2D eigenvalue weighted by atomic mass is 16.3. The fourth-order valence-electron chi connectivity index (χ4n) is 1.52. The topological polar surface area (TPSA) is 66.6 Å². The Morgan fingerprint density at radius 2 is 1.88 bits per heavy atom. The lowest BCUT2D eigenvalue weighted by Gasteiger charge is -2.31. The summed E-state index contributed by atoms with van der Waals surface area (Å²) >= 11 is 0. The second kappa shape index (κ2) is 6.97. The standard InChI is InChI=1S/C13H28N2O2/c1-10(2)15(7-6-8-16)12(17)9-11(14)13(3,4)5/h10-11,16H,6-9,14H2,1-5H3. The van der Waals surface area contributed by atoms with Gasteiger partial charge in [0, 0.05) is 31.7 Å². The van der Waals surface area contributed by atoms with E-state index >= 15 is 0 Å². The van der Waals surface area contributed by atoms with Crippen LogP contribution in [0.3, 0.4) is 0 Å². The zero-order valence-electron chi connectivity index (χ0n) is 11.9. The average Bonchev–Trinajstić information content (AvgIpc) is 2.16. The number of carbonyl (C=O) groups excluding carboxylic acids is 1. The summed E-state index contributed by atoms with van der Waals surface area (Å²) in [6, 6.07) is 0.0200. The van der Waals surface area contributed by atoms with E-state index in [1.165, 1.54) is 0 Å². The van der Waals surface area contributed by atoms with Gasteiger partial charge >= 0.3 is 0 Å². The number of aliphatic hydroxyl groups is 1. The Morgan fingerprint density at radius 3 is 2.24 bits per heavy atom. The van der Waals surface area contributed by atoms with Crippen LogP contribution in [0.25, 0.3) is 0 Å². The maximum atomic E-state index is 12.1. The number of hydrogen-bond donors (Lipinski definition) is 2. The third-order valence-corrected chi connectivity index (χ3v) is 3.01. The van der Waals surface area contributed by atoms with Gasteiger partial charge < -0.3 is 15.7 Å². The molecular formula is C13H28N2O2. The van der Waals surface area contributed by atoms with E-state index in [-0.39, 0.29) is 30.0 Å².